The van der Waals surface area contributed by atoms with E-state index in [1.54, 1.807) is 25.1 Å². The summed E-state index contributed by atoms with van der Waals surface area (Å²) in [4.78, 5) is 22.2. The van der Waals surface area contributed by atoms with Crippen molar-refractivity contribution in [1.82, 2.24) is 0 Å². The van der Waals surface area contributed by atoms with Crippen LogP contribution >= 0.6 is 0 Å². The summed E-state index contributed by atoms with van der Waals surface area (Å²) in [5.74, 6) is -1.18. The van der Waals surface area contributed by atoms with Gasteiger partial charge in [-0.15, -0.1) is 0 Å². The van der Waals surface area contributed by atoms with E-state index in [2.05, 4.69) is 5.32 Å². The molecule has 1 aromatic carbocycles. The van der Waals surface area contributed by atoms with Gasteiger partial charge in [-0.1, -0.05) is 6.07 Å². The largest absolute Gasteiger partial charge is 0.481 e. The quantitative estimate of drug-likeness (QED) is 0.753. The highest BCUT2D eigenvalue weighted by Gasteiger charge is 2.25. The second-order valence-corrected chi connectivity index (χ2v) is 4.48. The highest BCUT2D eigenvalue weighted by atomic mass is 16.5. The van der Waals surface area contributed by atoms with Crippen molar-refractivity contribution in [2.45, 2.75) is 25.4 Å². The number of carboxylic acids is 1. The van der Waals surface area contributed by atoms with Gasteiger partial charge in [0, 0.05) is 5.92 Å². The van der Waals surface area contributed by atoms with Crippen molar-refractivity contribution in [1.29, 1.82) is 0 Å². The number of nitrogens with one attached hydrogen (secondary N) is 1. The lowest BCUT2D eigenvalue weighted by Crippen LogP contribution is -2.34. The minimum absolute atomic E-state index is 0.166. The molecule has 0 fully saturated rings. The van der Waals surface area contributed by atoms with E-state index in [0.717, 1.165) is 0 Å². The van der Waals surface area contributed by atoms with E-state index in [9.17, 15) is 14.7 Å². The Morgan fingerprint density at radius 3 is 2.89 bits per heavy atom. The number of carbonyl (C=O) groups is 2. The SMILES string of the molecule is CC1Oc2ccc(C(CO)CC(=O)O)cc2NC1=O. The fraction of sp³-hybridized carbons (Fsp3) is 0.385. The highest BCUT2D eigenvalue weighted by Crippen LogP contribution is 2.33. The Labute approximate surface area is 110 Å². The number of carbonyl (C=O) groups excluding carboxylic acids is 1. The molecule has 0 aliphatic carbocycles. The first kappa shape index (κ1) is 13.4. The summed E-state index contributed by atoms with van der Waals surface area (Å²) in [6, 6.07) is 5.01. The van der Waals surface area contributed by atoms with Crippen molar-refractivity contribution in [3.8, 4) is 5.75 Å². The Morgan fingerprint density at radius 2 is 2.26 bits per heavy atom. The van der Waals surface area contributed by atoms with E-state index < -0.39 is 18.0 Å². The first-order chi connectivity index (χ1) is 9.01. The molecule has 2 unspecified atom stereocenters. The molecule has 0 saturated carbocycles. The molecule has 2 atom stereocenters. The van der Waals surface area contributed by atoms with Gasteiger partial charge >= 0.3 is 5.97 Å². The van der Waals surface area contributed by atoms with Crippen molar-refractivity contribution in [2.24, 2.45) is 0 Å². The summed E-state index contributed by atoms with van der Waals surface area (Å²) in [5.41, 5.74) is 1.16. The molecule has 6 heteroatoms. The first-order valence-corrected chi connectivity index (χ1v) is 5.95. The Balaban J connectivity index is 2.27. The van der Waals surface area contributed by atoms with Gasteiger partial charge in [-0.3, -0.25) is 9.59 Å². The van der Waals surface area contributed by atoms with E-state index >= 15 is 0 Å². The number of aliphatic hydroxyl groups excluding tert-OH is 1. The average Bonchev–Trinajstić information content (AvgIpc) is 2.36. The number of anilines is 1. The van der Waals surface area contributed by atoms with Gasteiger partial charge in [-0.2, -0.15) is 0 Å². The van der Waals surface area contributed by atoms with Crippen molar-refractivity contribution >= 4 is 17.6 Å². The van der Waals surface area contributed by atoms with Gasteiger partial charge in [-0.25, -0.2) is 0 Å². The second-order valence-electron chi connectivity index (χ2n) is 4.48. The molecule has 0 bridgehead atoms. The molecule has 0 radical (unpaired) electrons. The third-order valence-corrected chi connectivity index (χ3v) is 3.05. The lowest BCUT2D eigenvalue weighted by Gasteiger charge is -2.24. The van der Waals surface area contributed by atoms with Crippen molar-refractivity contribution < 1.29 is 24.5 Å². The molecule has 102 valence electrons. The van der Waals surface area contributed by atoms with Crippen LogP contribution in [0, 0.1) is 0 Å². The molecular formula is C13H15NO5. The van der Waals surface area contributed by atoms with Crippen LogP contribution in [0.1, 0.15) is 24.8 Å². The van der Waals surface area contributed by atoms with Crippen LogP contribution in [0.3, 0.4) is 0 Å². The van der Waals surface area contributed by atoms with Crippen molar-refractivity contribution in [3.63, 3.8) is 0 Å². The molecule has 1 heterocycles. The molecule has 1 aromatic rings. The van der Waals surface area contributed by atoms with Crippen LogP contribution in [0.4, 0.5) is 5.69 Å². The van der Waals surface area contributed by atoms with Crippen LogP contribution in [0.2, 0.25) is 0 Å². The molecule has 19 heavy (non-hydrogen) atoms. The fourth-order valence-corrected chi connectivity index (χ4v) is 1.98. The monoisotopic (exact) mass is 265 g/mol. The van der Waals surface area contributed by atoms with Crippen molar-refractivity contribution in [3.05, 3.63) is 23.8 Å². The van der Waals surface area contributed by atoms with E-state index in [-0.39, 0.29) is 18.9 Å². The molecule has 1 amide bonds. The second kappa shape index (κ2) is 5.27. The molecule has 0 saturated heterocycles. The van der Waals surface area contributed by atoms with Gasteiger partial charge in [0.15, 0.2) is 6.10 Å². The maximum atomic E-state index is 11.5. The topological polar surface area (TPSA) is 95.9 Å². The number of aliphatic hydroxyl groups is 1. The maximum Gasteiger partial charge on any atom is 0.304 e. The summed E-state index contributed by atoms with van der Waals surface area (Å²) in [6.07, 6.45) is -0.716. The van der Waals surface area contributed by atoms with E-state index in [0.29, 0.717) is 17.0 Å². The molecule has 0 aromatic heterocycles. The number of carboxylic acid groups (broad SMARTS) is 1. The zero-order valence-electron chi connectivity index (χ0n) is 10.4. The zero-order chi connectivity index (χ0) is 14.0. The number of aliphatic carboxylic acids is 1. The number of hydrogen-bond donors (Lipinski definition) is 3. The lowest BCUT2D eigenvalue weighted by molar-refractivity contribution is -0.137. The number of benzene rings is 1. The van der Waals surface area contributed by atoms with Gasteiger partial charge < -0.3 is 20.3 Å². The summed E-state index contributed by atoms with van der Waals surface area (Å²) in [6.45, 7) is 1.38. The summed E-state index contributed by atoms with van der Waals surface area (Å²) in [7, 11) is 0. The Kier molecular flexibility index (Phi) is 3.71. The normalized spacial score (nSPS) is 19.1. The summed E-state index contributed by atoms with van der Waals surface area (Å²) >= 11 is 0. The van der Waals surface area contributed by atoms with Gasteiger partial charge in [0.25, 0.3) is 5.91 Å². The Hall–Kier alpha value is -2.08. The summed E-state index contributed by atoms with van der Waals surface area (Å²) < 4.78 is 5.40. The van der Waals surface area contributed by atoms with Gasteiger partial charge in [0.2, 0.25) is 0 Å². The standard InChI is InChI=1S/C13H15NO5/c1-7-13(18)14-10-4-8(2-3-11(10)19-7)9(6-15)5-12(16)17/h2-4,7,9,15H,5-6H2,1H3,(H,14,18)(H,16,17). The number of fused-ring (bicyclic) bond motifs is 1. The molecule has 1 aliphatic heterocycles. The smallest absolute Gasteiger partial charge is 0.304 e. The van der Waals surface area contributed by atoms with E-state index in [4.69, 9.17) is 9.84 Å². The molecule has 6 nitrogen and oxygen atoms in total. The fourth-order valence-electron chi connectivity index (χ4n) is 1.98. The third-order valence-electron chi connectivity index (χ3n) is 3.05. The van der Waals surface area contributed by atoms with E-state index in [1.165, 1.54) is 0 Å². The van der Waals surface area contributed by atoms with Crippen LogP contribution in [-0.4, -0.2) is 34.8 Å². The number of ether oxygens (including phenoxy) is 1. The first-order valence-electron chi connectivity index (χ1n) is 5.95. The van der Waals surface area contributed by atoms with Crippen LogP contribution in [0.25, 0.3) is 0 Å². The Bertz CT molecular complexity index is 514. The minimum Gasteiger partial charge on any atom is -0.481 e. The molecule has 0 spiro atoms. The Morgan fingerprint density at radius 1 is 1.53 bits per heavy atom. The number of amides is 1. The van der Waals surface area contributed by atoms with E-state index in [1.807, 2.05) is 0 Å². The maximum absolute atomic E-state index is 11.5. The molecule has 3 N–H and O–H groups in total. The van der Waals surface area contributed by atoms with Gasteiger partial charge in [0.05, 0.1) is 18.7 Å². The van der Waals surface area contributed by atoms with Gasteiger partial charge in [-0.05, 0) is 24.6 Å². The molecule has 1 aliphatic rings. The van der Waals surface area contributed by atoms with Crippen molar-refractivity contribution in [2.75, 3.05) is 11.9 Å². The number of hydrogen-bond acceptors (Lipinski definition) is 4. The zero-order valence-corrected chi connectivity index (χ0v) is 10.4. The summed E-state index contributed by atoms with van der Waals surface area (Å²) in [5, 5.41) is 20.7. The predicted octanol–water partition coefficient (Wildman–Crippen LogP) is 0.957. The van der Waals surface area contributed by atoms with Gasteiger partial charge in [0.1, 0.15) is 5.75 Å². The average molecular weight is 265 g/mol. The number of rotatable bonds is 4. The minimum atomic E-state index is -0.981. The van der Waals surface area contributed by atoms with Crippen LogP contribution in [0.5, 0.6) is 5.75 Å². The van der Waals surface area contributed by atoms with Crippen LogP contribution < -0.4 is 10.1 Å². The van der Waals surface area contributed by atoms with Crippen LogP contribution in [0.15, 0.2) is 18.2 Å². The molecular weight excluding hydrogens is 250 g/mol. The lowest BCUT2D eigenvalue weighted by atomic mass is 9.95. The van der Waals surface area contributed by atoms with Crippen LogP contribution in [-0.2, 0) is 9.59 Å². The predicted molar refractivity (Wildman–Crippen MR) is 67.2 cm³/mol. The molecule has 2 rings (SSSR count). The third kappa shape index (κ3) is 2.85. The highest BCUT2D eigenvalue weighted by molar-refractivity contribution is 5.97.